The Bertz CT molecular complexity index is 1300. The number of benzene rings is 1. The van der Waals surface area contributed by atoms with Crippen molar-refractivity contribution in [3.05, 3.63) is 72.4 Å². The molecular weight excluding hydrogens is 453 g/mol. The zero-order chi connectivity index (χ0) is 24.5. The molecule has 34 heavy (non-hydrogen) atoms. The van der Waals surface area contributed by atoms with Crippen molar-refractivity contribution >= 4 is 11.6 Å². The van der Waals surface area contributed by atoms with E-state index in [-0.39, 0.29) is 11.2 Å². The normalized spacial score (nSPS) is 13.0. The van der Waals surface area contributed by atoms with E-state index in [4.69, 9.17) is 0 Å². The lowest BCUT2D eigenvalue weighted by Gasteiger charge is -2.30. The fourth-order valence-electron chi connectivity index (χ4n) is 3.34. The largest absolute Gasteiger partial charge is 0.573 e. The number of aromatic nitrogens is 5. The number of fused-ring (bicyclic) bond motifs is 1. The number of ether oxygens (including phenoxy) is 1. The maximum absolute atomic E-state index is 13.1. The van der Waals surface area contributed by atoms with Crippen LogP contribution >= 0.6 is 0 Å². The first-order valence-corrected chi connectivity index (χ1v) is 10.0. The summed E-state index contributed by atoms with van der Waals surface area (Å²) in [5.41, 5.74) is 0.298. The first kappa shape index (κ1) is 23.1. The predicted molar refractivity (Wildman–Crippen MR) is 114 cm³/mol. The first-order valence-electron chi connectivity index (χ1n) is 10.0. The van der Waals surface area contributed by atoms with Gasteiger partial charge in [0.1, 0.15) is 17.0 Å². The molecule has 0 spiro atoms. The second-order valence-corrected chi connectivity index (χ2v) is 7.91. The van der Waals surface area contributed by atoms with Gasteiger partial charge in [-0.05, 0) is 37.6 Å². The van der Waals surface area contributed by atoms with Crippen LogP contribution < -0.4 is 10.1 Å². The zero-order valence-corrected chi connectivity index (χ0v) is 18.0. The third-order valence-corrected chi connectivity index (χ3v) is 4.87. The summed E-state index contributed by atoms with van der Waals surface area (Å²) in [4.78, 5) is 25.8. The van der Waals surface area contributed by atoms with Gasteiger partial charge in [0.25, 0.3) is 5.91 Å². The van der Waals surface area contributed by atoms with Crippen LogP contribution in [-0.2, 0) is 0 Å². The van der Waals surface area contributed by atoms with Gasteiger partial charge in [-0.2, -0.15) is 5.10 Å². The molecule has 0 fully saturated rings. The van der Waals surface area contributed by atoms with E-state index in [1.54, 1.807) is 12.3 Å². The number of halogens is 3. The van der Waals surface area contributed by atoms with Gasteiger partial charge in [-0.3, -0.25) is 14.8 Å². The highest BCUT2D eigenvalue weighted by atomic mass is 19.4. The van der Waals surface area contributed by atoms with Crippen molar-refractivity contribution in [3.63, 3.8) is 0 Å². The summed E-state index contributed by atoms with van der Waals surface area (Å²) in [6.07, 6.45) is 2.70. The average Bonchev–Trinajstić information content (AvgIpc) is 3.20. The van der Waals surface area contributed by atoms with E-state index in [9.17, 15) is 23.1 Å². The third kappa shape index (κ3) is 5.12. The highest BCUT2D eigenvalue weighted by molar-refractivity contribution is 6.00. The van der Waals surface area contributed by atoms with Gasteiger partial charge in [-0.25, -0.2) is 9.50 Å². The van der Waals surface area contributed by atoms with Crippen LogP contribution in [0.25, 0.3) is 17.0 Å². The summed E-state index contributed by atoms with van der Waals surface area (Å²) in [5, 5.41) is 17.5. The number of carbonyl (C=O) groups excluding carboxylic acids is 1. The van der Waals surface area contributed by atoms with Gasteiger partial charge >= 0.3 is 6.36 Å². The number of hydrogen-bond acceptors (Lipinski definition) is 7. The van der Waals surface area contributed by atoms with Crippen LogP contribution in [-0.4, -0.2) is 47.5 Å². The number of alkyl halides is 3. The highest BCUT2D eigenvalue weighted by Crippen LogP contribution is 2.29. The second-order valence-electron chi connectivity index (χ2n) is 7.91. The summed E-state index contributed by atoms with van der Waals surface area (Å²) < 4.78 is 42.6. The number of hydrogen-bond donors (Lipinski definition) is 2. The van der Waals surface area contributed by atoms with Gasteiger partial charge < -0.3 is 15.2 Å². The number of rotatable bonds is 6. The van der Waals surface area contributed by atoms with E-state index in [0.29, 0.717) is 17.0 Å². The van der Waals surface area contributed by atoms with Crippen molar-refractivity contribution in [2.45, 2.75) is 31.9 Å². The molecular formula is C22H19F3N6O3. The molecule has 4 rings (SSSR count). The number of nitrogens with one attached hydrogen (secondary N) is 1. The van der Waals surface area contributed by atoms with Crippen molar-refractivity contribution in [2.75, 3.05) is 0 Å². The quantitative estimate of drug-likeness (QED) is 0.442. The van der Waals surface area contributed by atoms with E-state index in [1.807, 2.05) is 0 Å². The minimum absolute atomic E-state index is 0.136. The Morgan fingerprint density at radius 3 is 2.44 bits per heavy atom. The lowest BCUT2D eigenvalue weighted by atomic mass is 9.91. The minimum atomic E-state index is -4.83. The molecule has 0 aliphatic heterocycles. The maximum atomic E-state index is 13.1. The molecule has 1 amide bonds. The smallest absolute Gasteiger partial charge is 0.406 e. The lowest BCUT2D eigenvalue weighted by Crippen LogP contribution is -2.42. The van der Waals surface area contributed by atoms with E-state index >= 15 is 0 Å². The van der Waals surface area contributed by atoms with Crippen LogP contribution in [0, 0.1) is 0 Å². The van der Waals surface area contributed by atoms with Crippen LogP contribution in [0.1, 0.15) is 35.8 Å². The zero-order valence-electron chi connectivity index (χ0n) is 18.0. The monoisotopic (exact) mass is 472 g/mol. The van der Waals surface area contributed by atoms with Crippen LogP contribution in [0.5, 0.6) is 5.75 Å². The summed E-state index contributed by atoms with van der Waals surface area (Å²) >= 11 is 0. The van der Waals surface area contributed by atoms with Crippen molar-refractivity contribution in [1.29, 1.82) is 0 Å². The topological polar surface area (TPSA) is 115 Å². The molecule has 0 radical (unpaired) electrons. The number of carbonyl (C=O) groups is 1. The Balaban J connectivity index is 1.62. The number of aliphatic hydroxyl groups is 1. The van der Waals surface area contributed by atoms with Crippen LogP contribution in [0.3, 0.4) is 0 Å². The van der Waals surface area contributed by atoms with E-state index < -0.39 is 29.7 Å². The Kier molecular flexibility index (Phi) is 5.92. The Morgan fingerprint density at radius 2 is 1.82 bits per heavy atom. The molecule has 0 saturated carbocycles. The first-order chi connectivity index (χ1) is 16.0. The molecule has 3 heterocycles. The molecule has 1 aromatic carbocycles. The van der Waals surface area contributed by atoms with Crippen molar-refractivity contribution < 1.29 is 27.8 Å². The van der Waals surface area contributed by atoms with Gasteiger partial charge in [0.2, 0.25) is 0 Å². The van der Waals surface area contributed by atoms with Crippen molar-refractivity contribution in [1.82, 2.24) is 29.9 Å². The van der Waals surface area contributed by atoms with Gasteiger partial charge in [0.15, 0.2) is 5.65 Å². The molecule has 0 bridgehead atoms. The summed E-state index contributed by atoms with van der Waals surface area (Å²) in [5.74, 6) is -0.998. The molecule has 0 aliphatic rings. The molecule has 3 aromatic heterocycles. The van der Waals surface area contributed by atoms with E-state index in [2.05, 4.69) is 30.1 Å². The predicted octanol–water partition coefficient (Wildman–Crippen LogP) is 3.33. The second kappa shape index (κ2) is 8.71. The molecule has 4 aromatic rings. The molecule has 176 valence electrons. The highest BCUT2D eigenvalue weighted by Gasteiger charge is 2.33. The molecule has 9 nitrogen and oxygen atoms in total. The standard InChI is InChI=1S/C22H19F3N6O3/c1-21(2,33)18(13-3-5-14(6-4-13)34-22(23,24)25)30-20(32)15-11-28-31-10-7-16(29-19(15)31)17-12-26-8-9-27-17/h3-12,18,33H,1-2H3,(H,30,32)/t18-/m0/s1. The molecule has 2 N–H and O–H groups in total. The van der Waals surface area contributed by atoms with Crippen LogP contribution in [0.2, 0.25) is 0 Å². The average molecular weight is 472 g/mol. The maximum Gasteiger partial charge on any atom is 0.573 e. The van der Waals surface area contributed by atoms with Gasteiger partial charge in [0.05, 0.1) is 29.7 Å². The lowest BCUT2D eigenvalue weighted by molar-refractivity contribution is -0.274. The van der Waals surface area contributed by atoms with E-state index in [1.165, 1.54) is 55.3 Å². The third-order valence-electron chi connectivity index (χ3n) is 4.87. The fraction of sp³-hybridized carbons (Fsp3) is 0.227. The van der Waals surface area contributed by atoms with Crippen LogP contribution in [0.15, 0.2) is 61.3 Å². The molecule has 1 atom stereocenters. The number of amides is 1. The van der Waals surface area contributed by atoms with E-state index in [0.717, 1.165) is 12.1 Å². The summed E-state index contributed by atoms with van der Waals surface area (Å²) in [6.45, 7) is 2.94. The van der Waals surface area contributed by atoms with Crippen molar-refractivity contribution in [3.8, 4) is 17.1 Å². The fourth-order valence-corrected chi connectivity index (χ4v) is 3.34. The molecule has 0 aliphatic carbocycles. The summed E-state index contributed by atoms with van der Waals surface area (Å²) in [6, 6.07) is 5.61. The minimum Gasteiger partial charge on any atom is -0.406 e. The molecule has 12 heteroatoms. The van der Waals surface area contributed by atoms with Gasteiger partial charge in [-0.1, -0.05) is 12.1 Å². The Morgan fingerprint density at radius 1 is 1.09 bits per heavy atom. The Labute approximate surface area is 191 Å². The van der Waals surface area contributed by atoms with Gasteiger partial charge in [0, 0.05) is 18.6 Å². The summed E-state index contributed by atoms with van der Waals surface area (Å²) in [7, 11) is 0. The molecule has 0 unspecified atom stereocenters. The SMILES string of the molecule is CC(C)(O)[C@@H](NC(=O)c1cnn2ccc(-c3cnccn3)nc12)c1ccc(OC(F)(F)F)cc1. The molecule has 0 saturated heterocycles. The van der Waals surface area contributed by atoms with Crippen molar-refractivity contribution in [2.24, 2.45) is 0 Å². The van der Waals surface area contributed by atoms with Crippen LogP contribution in [0.4, 0.5) is 13.2 Å². The number of nitrogens with zero attached hydrogens (tertiary/aromatic N) is 5. The Hall–Kier alpha value is -4.06. The van der Waals surface area contributed by atoms with Gasteiger partial charge in [-0.15, -0.1) is 13.2 Å².